The molecule has 3 nitrogen and oxygen atoms in total. The summed E-state index contributed by atoms with van der Waals surface area (Å²) in [5.74, 6) is -1.23. The maximum Gasteiger partial charge on any atom is 0.272 e. The van der Waals surface area contributed by atoms with Crippen LogP contribution in [0.3, 0.4) is 0 Å². The molecule has 0 aromatic heterocycles. The van der Waals surface area contributed by atoms with Gasteiger partial charge in [0.25, 0.3) is 11.8 Å². The molecule has 128 valence electrons. The lowest BCUT2D eigenvalue weighted by Gasteiger charge is -2.15. The predicted octanol–water partition coefficient (Wildman–Crippen LogP) is 4.91. The van der Waals surface area contributed by atoms with Crippen LogP contribution in [0.15, 0.2) is 53.4 Å². The van der Waals surface area contributed by atoms with Crippen LogP contribution in [0.4, 0.5) is 10.1 Å². The van der Waals surface area contributed by atoms with E-state index in [-0.39, 0.29) is 11.2 Å². The first-order valence-electron chi connectivity index (χ1n) is 7.69. The van der Waals surface area contributed by atoms with Gasteiger partial charge in [0.1, 0.15) is 5.82 Å². The van der Waals surface area contributed by atoms with Crippen molar-refractivity contribution in [2.75, 3.05) is 4.90 Å². The highest BCUT2D eigenvalue weighted by molar-refractivity contribution is 8.04. The van der Waals surface area contributed by atoms with Gasteiger partial charge in [-0.2, -0.15) is 0 Å². The van der Waals surface area contributed by atoms with Gasteiger partial charge in [0.05, 0.1) is 16.2 Å². The van der Waals surface area contributed by atoms with Crippen LogP contribution in [0, 0.1) is 5.82 Å². The summed E-state index contributed by atoms with van der Waals surface area (Å²) in [6, 6.07) is 12.1. The zero-order valence-electron chi connectivity index (χ0n) is 13.6. The molecule has 0 unspecified atom stereocenters. The number of amides is 2. The Labute approximate surface area is 154 Å². The maximum atomic E-state index is 13.2. The van der Waals surface area contributed by atoms with Crippen molar-refractivity contribution in [3.63, 3.8) is 0 Å². The quantitative estimate of drug-likeness (QED) is 0.713. The largest absolute Gasteiger partial charge is 0.272 e. The first-order chi connectivity index (χ1) is 11.9. The van der Waals surface area contributed by atoms with Crippen molar-refractivity contribution < 1.29 is 14.0 Å². The lowest BCUT2D eigenvalue weighted by molar-refractivity contribution is -0.119. The number of halogens is 2. The molecule has 0 saturated heterocycles. The zero-order valence-corrected chi connectivity index (χ0v) is 15.2. The number of hydrogen-bond donors (Lipinski definition) is 0. The summed E-state index contributed by atoms with van der Waals surface area (Å²) in [6.07, 6.45) is 0. The Morgan fingerprint density at radius 2 is 1.56 bits per heavy atom. The molecule has 1 aliphatic rings. The third-order valence-electron chi connectivity index (χ3n) is 3.61. The molecule has 25 heavy (non-hydrogen) atoms. The van der Waals surface area contributed by atoms with Gasteiger partial charge >= 0.3 is 0 Å². The van der Waals surface area contributed by atoms with E-state index in [0.29, 0.717) is 26.8 Å². The SMILES string of the molecule is CC(C)SC1=C(c2ccc(Cl)cc2)C(=O)N(c2ccc(F)cc2)C1=O. The standard InChI is InChI=1S/C19H15ClFNO2S/c1-11(2)25-17-16(12-3-5-13(20)6-4-12)18(23)22(19(17)24)15-9-7-14(21)8-10-15/h3-11H,1-2H3. The van der Waals surface area contributed by atoms with Crippen molar-refractivity contribution in [3.05, 3.63) is 69.8 Å². The van der Waals surface area contributed by atoms with Gasteiger partial charge in [-0.05, 0) is 42.0 Å². The highest BCUT2D eigenvalue weighted by Gasteiger charge is 2.40. The summed E-state index contributed by atoms with van der Waals surface area (Å²) >= 11 is 7.27. The van der Waals surface area contributed by atoms with Crippen molar-refractivity contribution in [1.29, 1.82) is 0 Å². The summed E-state index contributed by atoms with van der Waals surface area (Å²) in [5.41, 5.74) is 1.34. The van der Waals surface area contributed by atoms with E-state index in [0.717, 1.165) is 4.90 Å². The van der Waals surface area contributed by atoms with E-state index in [1.807, 2.05) is 13.8 Å². The molecule has 2 aromatic rings. The minimum Gasteiger partial charge on any atom is -0.268 e. The van der Waals surface area contributed by atoms with E-state index < -0.39 is 11.7 Å². The zero-order chi connectivity index (χ0) is 18.1. The van der Waals surface area contributed by atoms with E-state index in [4.69, 9.17) is 11.6 Å². The lowest BCUT2D eigenvalue weighted by Crippen LogP contribution is -2.31. The van der Waals surface area contributed by atoms with E-state index in [9.17, 15) is 14.0 Å². The fourth-order valence-electron chi connectivity index (χ4n) is 2.55. The topological polar surface area (TPSA) is 37.4 Å². The van der Waals surface area contributed by atoms with Crippen molar-refractivity contribution >= 4 is 46.4 Å². The van der Waals surface area contributed by atoms with Crippen LogP contribution in [0.25, 0.3) is 5.57 Å². The van der Waals surface area contributed by atoms with Crippen LogP contribution in [0.1, 0.15) is 19.4 Å². The van der Waals surface area contributed by atoms with E-state index in [2.05, 4.69) is 0 Å². The molecule has 1 heterocycles. The molecule has 0 N–H and O–H groups in total. The van der Waals surface area contributed by atoms with Crippen LogP contribution >= 0.6 is 23.4 Å². The molecule has 0 radical (unpaired) electrons. The number of benzene rings is 2. The molecule has 0 spiro atoms. The Kier molecular flexibility index (Phi) is 4.97. The molecular formula is C19H15ClFNO2S. The Bertz CT molecular complexity index is 860. The summed E-state index contributed by atoms with van der Waals surface area (Å²) in [6.45, 7) is 3.91. The first kappa shape index (κ1) is 17.7. The second-order valence-electron chi connectivity index (χ2n) is 5.80. The molecule has 6 heteroatoms. The summed E-state index contributed by atoms with van der Waals surface area (Å²) in [7, 11) is 0. The number of hydrogen-bond acceptors (Lipinski definition) is 3. The van der Waals surface area contributed by atoms with E-state index in [1.54, 1.807) is 24.3 Å². The second-order valence-corrected chi connectivity index (χ2v) is 7.82. The smallest absolute Gasteiger partial charge is 0.268 e. The van der Waals surface area contributed by atoms with Gasteiger partial charge in [0.2, 0.25) is 0 Å². The average molecular weight is 376 g/mol. The second kappa shape index (κ2) is 7.02. The van der Waals surface area contributed by atoms with Crippen LogP contribution in [-0.2, 0) is 9.59 Å². The van der Waals surface area contributed by atoms with E-state index >= 15 is 0 Å². The number of rotatable bonds is 4. The van der Waals surface area contributed by atoms with Gasteiger partial charge in [0, 0.05) is 10.3 Å². The minimum atomic E-state index is -0.425. The van der Waals surface area contributed by atoms with Gasteiger partial charge in [-0.15, -0.1) is 11.8 Å². The average Bonchev–Trinajstić information content (AvgIpc) is 2.80. The molecule has 0 bridgehead atoms. The summed E-state index contributed by atoms with van der Waals surface area (Å²) in [5, 5.41) is 0.678. The minimum absolute atomic E-state index is 0.127. The van der Waals surface area contributed by atoms with Gasteiger partial charge in [-0.1, -0.05) is 37.6 Å². The van der Waals surface area contributed by atoms with Crippen LogP contribution < -0.4 is 4.90 Å². The Balaban J connectivity index is 2.09. The van der Waals surface area contributed by atoms with Crippen LogP contribution in [0.5, 0.6) is 0 Å². The number of nitrogens with zero attached hydrogens (tertiary/aromatic N) is 1. The highest BCUT2D eigenvalue weighted by Crippen LogP contribution is 2.40. The number of carbonyl (C=O) groups excluding carboxylic acids is 2. The van der Waals surface area contributed by atoms with Crippen molar-refractivity contribution in [3.8, 4) is 0 Å². The molecule has 1 aliphatic heterocycles. The van der Waals surface area contributed by atoms with Gasteiger partial charge in [-0.25, -0.2) is 9.29 Å². The van der Waals surface area contributed by atoms with Crippen molar-refractivity contribution in [2.45, 2.75) is 19.1 Å². The number of anilines is 1. The number of thioether (sulfide) groups is 1. The normalized spacial score (nSPS) is 14.8. The van der Waals surface area contributed by atoms with Crippen LogP contribution in [0.2, 0.25) is 5.02 Å². The third kappa shape index (κ3) is 3.48. The molecule has 3 rings (SSSR count). The molecule has 0 fully saturated rings. The fourth-order valence-corrected chi connectivity index (χ4v) is 3.66. The molecule has 2 aromatic carbocycles. The predicted molar refractivity (Wildman–Crippen MR) is 100.0 cm³/mol. The fraction of sp³-hybridized carbons (Fsp3) is 0.158. The number of imide groups is 1. The Hall–Kier alpha value is -2.11. The number of carbonyl (C=O) groups is 2. The van der Waals surface area contributed by atoms with Crippen molar-refractivity contribution in [2.24, 2.45) is 0 Å². The van der Waals surface area contributed by atoms with E-state index in [1.165, 1.54) is 36.0 Å². The molecule has 0 saturated carbocycles. The molecule has 0 aliphatic carbocycles. The maximum absolute atomic E-state index is 13.2. The van der Waals surface area contributed by atoms with Gasteiger partial charge in [-0.3, -0.25) is 9.59 Å². The lowest BCUT2D eigenvalue weighted by atomic mass is 10.1. The Morgan fingerprint density at radius 1 is 0.960 bits per heavy atom. The monoisotopic (exact) mass is 375 g/mol. The van der Waals surface area contributed by atoms with Crippen molar-refractivity contribution in [1.82, 2.24) is 0 Å². The Morgan fingerprint density at radius 3 is 2.12 bits per heavy atom. The summed E-state index contributed by atoms with van der Waals surface area (Å²) < 4.78 is 13.2. The third-order valence-corrected chi connectivity index (χ3v) is 4.95. The first-order valence-corrected chi connectivity index (χ1v) is 8.95. The van der Waals surface area contributed by atoms with Crippen LogP contribution in [-0.4, -0.2) is 17.1 Å². The van der Waals surface area contributed by atoms with Gasteiger partial charge < -0.3 is 0 Å². The van der Waals surface area contributed by atoms with Gasteiger partial charge in [0.15, 0.2) is 0 Å². The highest BCUT2D eigenvalue weighted by atomic mass is 35.5. The molecule has 0 atom stereocenters. The molecule has 2 amide bonds. The molecular weight excluding hydrogens is 361 g/mol. The summed E-state index contributed by atoms with van der Waals surface area (Å²) in [4.78, 5) is 27.4.